The van der Waals surface area contributed by atoms with Gasteiger partial charge in [-0.05, 0) is 30.4 Å². The van der Waals surface area contributed by atoms with Crippen molar-refractivity contribution in [2.24, 2.45) is 0 Å². The number of fused-ring (bicyclic) bond motifs is 1. The molecule has 7 heteroatoms. The third-order valence-electron chi connectivity index (χ3n) is 2.76. The van der Waals surface area contributed by atoms with E-state index in [0.29, 0.717) is 16.7 Å². The summed E-state index contributed by atoms with van der Waals surface area (Å²) in [4.78, 5) is 18.4. The number of furan rings is 1. The number of rotatable bonds is 3. The molecule has 0 aliphatic heterocycles. The van der Waals surface area contributed by atoms with Gasteiger partial charge < -0.3 is 4.42 Å². The maximum absolute atomic E-state index is 10.5. The Morgan fingerprint density at radius 3 is 2.71 bits per heavy atom. The van der Waals surface area contributed by atoms with Crippen molar-refractivity contribution in [3.05, 3.63) is 63.3 Å². The molecule has 2 aromatic heterocycles. The van der Waals surface area contributed by atoms with Crippen LogP contribution in [0.25, 0.3) is 23.1 Å². The highest BCUT2D eigenvalue weighted by Crippen LogP contribution is 2.21. The SMILES string of the molecule is O=[N+]([O-])c1ccc(/C=C/c2nc(Cl)c3ccccc3n2)o1. The van der Waals surface area contributed by atoms with Gasteiger partial charge in [0.05, 0.1) is 11.6 Å². The average molecular weight is 302 g/mol. The minimum atomic E-state index is -0.596. The molecule has 0 atom stereocenters. The molecule has 0 aliphatic carbocycles. The first-order chi connectivity index (χ1) is 10.1. The second-order valence-corrected chi connectivity index (χ2v) is 4.51. The molecule has 0 aliphatic rings. The number of nitrogens with zero attached hydrogens (tertiary/aromatic N) is 3. The highest BCUT2D eigenvalue weighted by atomic mass is 35.5. The molecule has 0 fully saturated rings. The zero-order valence-corrected chi connectivity index (χ0v) is 11.3. The summed E-state index contributed by atoms with van der Waals surface area (Å²) in [5.74, 6) is 0.430. The summed E-state index contributed by atoms with van der Waals surface area (Å²) in [5.41, 5.74) is 0.725. The van der Waals surface area contributed by atoms with Gasteiger partial charge in [-0.1, -0.05) is 23.7 Å². The first-order valence-corrected chi connectivity index (χ1v) is 6.36. The molecule has 3 rings (SSSR count). The molecule has 6 nitrogen and oxygen atoms in total. The molecule has 0 amide bonds. The maximum Gasteiger partial charge on any atom is 0.433 e. The van der Waals surface area contributed by atoms with Crippen molar-refractivity contribution in [2.75, 3.05) is 0 Å². The van der Waals surface area contributed by atoms with E-state index in [9.17, 15) is 10.1 Å². The Kier molecular flexibility index (Phi) is 3.37. The van der Waals surface area contributed by atoms with Crippen molar-refractivity contribution in [3.8, 4) is 0 Å². The second-order valence-electron chi connectivity index (χ2n) is 4.16. The summed E-state index contributed by atoms with van der Waals surface area (Å²) in [7, 11) is 0. The Morgan fingerprint density at radius 1 is 1.14 bits per heavy atom. The number of aromatic nitrogens is 2. The minimum absolute atomic E-state index is 0.313. The van der Waals surface area contributed by atoms with Crippen molar-refractivity contribution in [1.29, 1.82) is 0 Å². The number of benzene rings is 1. The third kappa shape index (κ3) is 2.75. The summed E-state index contributed by atoms with van der Waals surface area (Å²) in [6.07, 6.45) is 3.13. The Hall–Kier alpha value is -2.73. The van der Waals surface area contributed by atoms with Gasteiger partial charge in [-0.2, -0.15) is 0 Å². The van der Waals surface area contributed by atoms with Gasteiger partial charge in [0.1, 0.15) is 15.8 Å². The van der Waals surface area contributed by atoms with Crippen LogP contribution in [0.2, 0.25) is 5.15 Å². The molecule has 3 aromatic rings. The monoisotopic (exact) mass is 301 g/mol. The zero-order chi connectivity index (χ0) is 14.8. The number of hydrogen-bond donors (Lipinski definition) is 0. The van der Waals surface area contributed by atoms with Crippen LogP contribution in [0.3, 0.4) is 0 Å². The summed E-state index contributed by atoms with van der Waals surface area (Å²) >= 11 is 6.09. The fourth-order valence-electron chi connectivity index (χ4n) is 1.82. The van der Waals surface area contributed by atoms with Crippen LogP contribution in [0.1, 0.15) is 11.6 Å². The molecule has 2 heterocycles. The van der Waals surface area contributed by atoms with Gasteiger partial charge in [0, 0.05) is 5.39 Å². The highest BCUT2D eigenvalue weighted by molar-refractivity contribution is 6.34. The van der Waals surface area contributed by atoms with E-state index in [1.807, 2.05) is 24.3 Å². The predicted octanol–water partition coefficient (Wildman–Crippen LogP) is 3.95. The molecule has 104 valence electrons. The molecule has 1 aromatic carbocycles. The largest absolute Gasteiger partial charge is 0.433 e. The minimum Gasteiger partial charge on any atom is -0.401 e. The molecule has 0 saturated heterocycles. The fraction of sp³-hybridized carbons (Fsp3) is 0. The third-order valence-corrected chi connectivity index (χ3v) is 3.05. The van der Waals surface area contributed by atoms with Gasteiger partial charge in [0.15, 0.2) is 5.82 Å². The van der Waals surface area contributed by atoms with Gasteiger partial charge in [-0.15, -0.1) is 0 Å². The van der Waals surface area contributed by atoms with E-state index in [1.54, 1.807) is 12.2 Å². The highest BCUT2D eigenvalue weighted by Gasteiger charge is 2.10. The lowest BCUT2D eigenvalue weighted by molar-refractivity contribution is -0.402. The Morgan fingerprint density at radius 2 is 1.95 bits per heavy atom. The molecule has 21 heavy (non-hydrogen) atoms. The smallest absolute Gasteiger partial charge is 0.401 e. The number of halogens is 1. The molecular formula is C14H8ClN3O3. The van der Waals surface area contributed by atoms with Crippen molar-refractivity contribution >= 4 is 40.5 Å². The number of hydrogen-bond acceptors (Lipinski definition) is 5. The van der Waals surface area contributed by atoms with Crippen LogP contribution >= 0.6 is 11.6 Å². The van der Waals surface area contributed by atoms with Crippen LogP contribution in [-0.4, -0.2) is 14.9 Å². The Bertz CT molecular complexity index is 858. The molecular weight excluding hydrogens is 294 g/mol. The zero-order valence-electron chi connectivity index (χ0n) is 10.6. The van der Waals surface area contributed by atoms with E-state index in [0.717, 1.165) is 10.9 Å². The number of nitro groups is 1. The van der Waals surface area contributed by atoms with E-state index < -0.39 is 4.92 Å². The molecule has 0 spiro atoms. The Labute approximate surface area is 123 Å². The summed E-state index contributed by atoms with van der Waals surface area (Å²) in [6.45, 7) is 0. The summed E-state index contributed by atoms with van der Waals surface area (Å²) in [5, 5.41) is 11.6. The van der Waals surface area contributed by atoms with Gasteiger partial charge in [0.25, 0.3) is 0 Å². The quantitative estimate of drug-likeness (QED) is 0.415. The van der Waals surface area contributed by atoms with Crippen LogP contribution in [0.4, 0.5) is 5.88 Å². The van der Waals surface area contributed by atoms with Gasteiger partial charge >= 0.3 is 5.88 Å². The van der Waals surface area contributed by atoms with Gasteiger partial charge in [0.2, 0.25) is 0 Å². The van der Waals surface area contributed by atoms with Crippen molar-refractivity contribution in [1.82, 2.24) is 9.97 Å². The van der Waals surface area contributed by atoms with E-state index in [1.165, 1.54) is 12.1 Å². The summed E-state index contributed by atoms with van der Waals surface area (Å²) < 4.78 is 5.01. The van der Waals surface area contributed by atoms with E-state index in [4.69, 9.17) is 16.0 Å². The Balaban J connectivity index is 1.93. The van der Waals surface area contributed by atoms with Gasteiger partial charge in [-0.25, -0.2) is 9.97 Å². The van der Waals surface area contributed by atoms with Crippen LogP contribution in [0.5, 0.6) is 0 Å². The lowest BCUT2D eigenvalue weighted by Gasteiger charge is -2.00. The van der Waals surface area contributed by atoms with E-state index in [2.05, 4.69) is 9.97 Å². The fourth-order valence-corrected chi connectivity index (χ4v) is 2.06. The first kappa shape index (κ1) is 13.3. The molecule has 0 unspecified atom stereocenters. The standard InChI is InChI=1S/C14H8ClN3O3/c15-14-10-3-1-2-4-11(10)16-12(17-14)7-5-9-6-8-13(21-9)18(19)20/h1-8H/b7-5+. The molecule has 0 bridgehead atoms. The van der Waals surface area contributed by atoms with Crippen molar-refractivity contribution in [3.63, 3.8) is 0 Å². The lowest BCUT2D eigenvalue weighted by Crippen LogP contribution is -1.90. The molecule has 0 saturated carbocycles. The van der Waals surface area contributed by atoms with Crippen LogP contribution in [-0.2, 0) is 0 Å². The van der Waals surface area contributed by atoms with Crippen LogP contribution in [0.15, 0.2) is 40.8 Å². The maximum atomic E-state index is 10.5. The van der Waals surface area contributed by atoms with E-state index in [-0.39, 0.29) is 5.88 Å². The van der Waals surface area contributed by atoms with Crippen molar-refractivity contribution in [2.45, 2.75) is 0 Å². The van der Waals surface area contributed by atoms with Crippen LogP contribution < -0.4 is 0 Å². The second kappa shape index (κ2) is 5.34. The molecule has 0 radical (unpaired) electrons. The number of para-hydroxylation sites is 1. The normalized spacial score (nSPS) is 11.3. The summed E-state index contributed by atoms with van der Waals surface area (Å²) in [6, 6.07) is 10.2. The lowest BCUT2D eigenvalue weighted by atomic mass is 10.2. The predicted molar refractivity (Wildman–Crippen MR) is 78.8 cm³/mol. The van der Waals surface area contributed by atoms with Gasteiger partial charge in [-0.3, -0.25) is 10.1 Å². The first-order valence-electron chi connectivity index (χ1n) is 5.98. The molecule has 0 N–H and O–H groups in total. The van der Waals surface area contributed by atoms with Crippen molar-refractivity contribution < 1.29 is 9.34 Å². The van der Waals surface area contributed by atoms with Crippen LogP contribution in [0, 0.1) is 10.1 Å². The average Bonchev–Trinajstić information content (AvgIpc) is 2.94. The van der Waals surface area contributed by atoms with E-state index >= 15 is 0 Å². The topological polar surface area (TPSA) is 82.1 Å².